The predicted molar refractivity (Wildman–Crippen MR) is 66.2 cm³/mol. The SMILES string of the molecule is CC1CCCN(C(=O)CCn2ccnn2)C1C(=O)O. The van der Waals surface area contributed by atoms with Crippen molar-refractivity contribution in [3.8, 4) is 0 Å². The lowest BCUT2D eigenvalue weighted by Crippen LogP contribution is -2.52. The second-order valence-electron chi connectivity index (χ2n) is 4.91. The third kappa shape index (κ3) is 3.10. The van der Waals surface area contributed by atoms with E-state index in [4.69, 9.17) is 0 Å². The number of hydrogen-bond donors (Lipinski definition) is 1. The van der Waals surface area contributed by atoms with Crippen molar-refractivity contribution in [3.63, 3.8) is 0 Å². The van der Waals surface area contributed by atoms with E-state index in [1.54, 1.807) is 17.1 Å². The molecule has 0 aliphatic carbocycles. The average Bonchev–Trinajstić information content (AvgIpc) is 2.88. The molecule has 1 aromatic heterocycles. The van der Waals surface area contributed by atoms with Crippen LogP contribution in [0.4, 0.5) is 0 Å². The number of aryl methyl sites for hydroxylation is 1. The fraction of sp³-hybridized carbons (Fsp3) is 0.667. The Bertz CT molecular complexity index is 446. The van der Waals surface area contributed by atoms with Gasteiger partial charge in [-0.1, -0.05) is 12.1 Å². The van der Waals surface area contributed by atoms with Gasteiger partial charge < -0.3 is 10.0 Å². The zero-order chi connectivity index (χ0) is 13.8. The molecule has 0 saturated carbocycles. The van der Waals surface area contributed by atoms with Gasteiger partial charge in [0.1, 0.15) is 6.04 Å². The third-order valence-corrected chi connectivity index (χ3v) is 3.53. The summed E-state index contributed by atoms with van der Waals surface area (Å²) in [5.74, 6) is -1.04. The molecule has 7 nitrogen and oxygen atoms in total. The average molecular weight is 266 g/mol. The molecule has 0 spiro atoms. The van der Waals surface area contributed by atoms with E-state index < -0.39 is 12.0 Å². The zero-order valence-corrected chi connectivity index (χ0v) is 10.9. The molecule has 104 valence electrons. The second-order valence-corrected chi connectivity index (χ2v) is 4.91. The van der Waals surface area contributed by atoms with E-state index in [0.29, 0.717) is 13.1 Å². The highest BCUT2D eigenvalue weighted by molar-refractivity contribution is 5.84. The Morgan fingerprint density at radius 3 is 2.89 bits per heavy atom. The molecule has 2 unspecified atom stereocenters. The van der Waals surface area contributed by atoms with Crippen LogP contribution in [0.15, 0.2) is 12.4 Å². The first kappa shape index (κ1) is 13.5. The van der Waals surface area contributed by atoms with Crippen LogP contribution >= 0.6 is 0 Å². The van der Waals surface area contributed by atoms with E-state index in [0.717, 1.165) is 12.8 Å². The van der Waals surface area contributed by atoms with Crippen molar-refractivity contribution < 1.29 is 14.7 Å². The highest BCUT2D eigenvalue weighted by atomic mass is 16.4. The van der Waals surface area contributed by atoms with Crippen molar-refractivity contribution in [2.45, 2.75) is 38.8 Å². The van der Waals surface area contributed by atoms with Gasteiger partial charge in [-0.25, -0.2) is 4.79 Å². The number of likely N-dealkylation sites (tertiary alicyclic amines) is 1. The van der Waals surface area contributed by atoms with Crippen molar-refractivity contribution in [3.05, 3.63) is 12.4 Å². The fourth-order valence-electron chi connectivity index (χ4n) is 2.55. The Morgan fingerprint density at radius 1 is 1.47 bits per heavy atom. The van der Waals surface area contributed by atoms with Gasteiger partial charge in [-0.15, -0.1) is 5.10 Å². The number of piperidine rings is 1. The molecule has 1 aromatic rings. The van der Waals surface area contributed by atoms with E-state index in [1.165, 1.54) is 4.90 Å². The molecule has 2 rings (SSSR count). The minimum atomic E-state index is -0.915. The number of carbonyl (C=O) groups excluding carboxylic acids is 1. The molecule has 1 amide bonds. The Balaban J connectivity index is 1.97. The Labute approximate surface area is 111 Å². The van der Waals surface area contributed by atoms with E-state index in [-0.39, 0.29) is 18.2 Å². The van der Waals surface area contributed by atoms with E-state index >= 15 is 0 Å². The smallest absolute Gasteiger partial charge is 0.326 e. The lowest BCUT2D eigenvalue weighted by Gasteiger charge is -2.37. The quantitative estimate of drug-likeness (QED) is 0.851. The molecule has 0 bridgehead atoms. The molecule has 0 aromatic carbocycles. The van der Waals surface area contributed by atoms with Crippen LogP contribution in [0.1, 0.15) is 26.2 Å². The van der Waals surface area contributed by atoms with Crippen LogP contribution in [-0.2, 0) is 16.1 Å². The zero-order valence-electron chi connectivity index (χ0n) is 10.9. The summed E-state index contributed by atoms with van der Waals surface area (Å²) >= 11 is 0. The van der Waals surface area contributed by atoms with Crippen molar-refractivity contribution in [2.24, 2.45) is 5.92 Å². The van der Waals surface area contributed by atoms with Crippen LogP contribution < -0.4 is 0 Å². The summed E-state index contributed by atoms with van der Waals surface area (Å²) in [4.78, 5) is 24.9. The van der Waals surface area contributed by atoms with Gasteiger partial charge in [0.15, 0.2) is 0 Å². The van der Waals surface area contributed by atoms with Gasteiger partial charge in [-0.3, -0.25) is 9.48 Å². The summed E-state index contributed by atoms with van der Waals surface area (Å²) in [7, 11) is 0. The van der Waals surface area contributed by atoms with Crippen molar-refractivity contribution in [1.29, 1.82) is 0 Å². The van der Waals surface area contributed by atoms with Crippen LogP contribution in [0.2, 0.25) is 0 Å². The highest BCUT2D eigenvalue weighted by Gasteiger charge is 2.36. The first-order valence-corrected chi connectivity index (χ1v) is 6.46. The number of rotatable bonds is 4. The standard InChI is InChI=1S/C12H18N4O3/c1-9-3-2-6-16(11(9)12(18)19)10(17)4-7-15-8-5-13-14-15/h5,8-9,11H,2-4,6-7H2,1H3,(H,18,19). The molecule has 1 N–H and O–H groups in total. The van der Waals surface area contributed by atoms with Crippen LogP contribution in [0.25, 0.3) is 0 Å². The van der Waals surface area contributed by atoms with Crippen LogP contribution in [-0.4, -0.2) is 49.5 Å². The summed E-state index contributed by atoms with van der Waals surface area (Å²) in [6.07, 6.45) is 5.19. The number of aromatic nitrogens is 3. The minimum absolute atomic E-state index is 0.00145. The van der Waals surface area contributed by atoms with Gasteiger partial charge in [-0.2, -0.15) is 0 Å². The summed E-state index contributed by atoms with van der Waals surface area (Å²) in [5, 5.41) is 16.7. The first-order valence-electron chi connectivity index (χ1n) is 6.46. The third-order valence-electron chi connectivity index (χ3n) is 3.53. The van der Waals surface area contributed by atoms with E-state index in [9.17, 15) is 14.7 Å². The van der Waals surface area contributed by atoms with E-state index in [2.05, 4.69) is 10.3 Å². The maximum atomic E-state index is 12.2. The van der Waals surface area contributed by atoms with Crippen LogP contribution in [0.3, 0.4) is 0 Å². The van der Waals surface area contributed by atoms with Gasteiger partial charge in [-0.05, 0) is 18.8 Å². The number of carboxylic acid groups (broad SMARTS) is 1. The highest BCUT2D eigenvalue weighted by Crippen LogP contribution is 2.24. The van der Waals surface area contributed by atoms with Gasteiger partial charge in [0.05, 0.1) is 12.7 Å². The number of nitrogens with zero attached hydrogens (tertiary/aromatic N) is 4. The monoisotopic (exact) mass is 266 g/mol. The van der Waals surface area contributed by atoms with E-state index in [1.807, 2.05) is 6.92 Å². The van der Waals surface area contributed by atoms with Crippen LogP contribution in [0, 0.1) is 5.92 Å². The van der Waals surface area contributed by atoms with Gasteiger partial charge in [0.25, 0.3) is 0 Å². The van der Waals surface area contributed by atoms with Crippen molar-refractivity contribution in [2.75, 3.05) is 6.54 Å². The van der Waals surface area contributed by atoms with Gasteiger partial charge >= 0.3 is 5.97 Å². The molecule has 1 fully saturated rings. The summed E-state index contributed by atoms with van der Waals surface area (Å²) in [5.41, 5.74) is 0. The predicted octanol–water partition coefficient (Wildman–Crippen LogP) is 0.380. The number of aliphatic carboxylic acids is 1. The largest absolute Gasteiger partial charge is 0.480 e. The normalized spacial score (nSPS) is 23.3. The topological polar surface area (TPSA) is 88.3 Å². The second kappa shape index (κ2) is 5.81. The molecular formula is C12H18N4O3. The molecule has 1 saturated heterocycles. The molecule has 1 aliphatic heterocycles. The first-order chi connectivity index (χ1) is 9.09. The molecule has 0 radical (unpaired) electrons. The molecule has 2 atom stereocenters. The molecule has 7 heteroatoms. The Kier molecular flexibility index (Phi) is 4.13. The summed E-state index contributed by atoms with van der Waals surface area (Å²) in [6.45, 7) is 2.84. The summed E-state index contributed by atoms with van der Waals surface area (Å²) < 4.78 is 1.57. The Morgan fingerprint density at radius 2 is 2.26 bits per heavy atom. The minimum Gasteiger partial charge on any atom is -0.480 e. The number of carbonyl (C=O) groups is 2. The van der Waals surface area contributed by atoms with Crippen LogP contribution in [0.5, 0.6) is 0 Å². The molecule has 2 heterocycles. The number of amides is 1. The fourth-order valence-corrected chi connectivity index (χ4v) is 2.55. The van der Waals surface area contributed by atoms with Gasteiger partial charge in [0.2, 0.25) is 5.91 Å². The van der Waals surface area contributed by atoms with Crippen molar-refractivity contribution in [1.82, 2.24) is 19.9 Å². The lowest BCUT2D eigenvalue weighted by atomic mass is 9.90. The van der Waals surface area contributed by atoms with Gasteiger partial charge in [0, 0.05) is 19.2 Å². The molecule has 19 heavy (non-hydrogen) atoms. The number of carboxylic acids is 1. The summed E-state index contributed by atoms with van der Waals surface area (Å²) in [6, 6.07) is -0.697. The maximum Gasteiger partial charge on any atom is 0.326 e. The van der Waals surface area contributed by atoms with Crippen molar-refractivity contribution >= 4 is 11.9 Å². The lowest BCUT2D eigenvalue weighted by molar-refractivity contribution is -0.154. The Hall–Kier alpha value is -1.92. The molecular weight excluding hydrogens is 248 g/mol. The maximum absolute atomic E-state index is 12.2. The number of hydrogen-bond acceptors (Lipinski definition) is 4. The molecule has 1 aliphatic rings.